The Bertz CT molecular complexity index is 295. The van der Waals surface area contributed by atoms with Gasteiger partial charge in [-0.15, -0.1) is 0 Å². The predicted molar refractivity (Wildman–Crippen MR) is 62.4 cm³/mol. The third kappa shape index (κ3) is 3.53. The summed E-state index contributed by atoms with van der Waals surface area (Å²) in [4.78, 5) is 10.5. The highest BCUT2D eigenvalue weighted by molar-refractivity contribution is 14.1. The van der Waals surface area contributed by atoms with E-state index in [1.54, 1.807) is 24.3 Å². The van der Waals surface area contributed by atoms with Crippen LogP contribution in [0.15, 0.2) is 24.3 Å². The van der Waals surface area contributed by atoms with Crippen molar-refractivity contribution in [2.45, 2.75) is 6.42 Å². The molecule has 1 N–H and O–H groups in total. The summed E-state index contributed by atoms with van der Waals surface area (Å²) in [6.07, 6.45) is 1.00. The number of benzene rings is 1. The lowest BCUT2D eigenvalue weighted by Gasteiger charge is -2.04. The molecule has 0 aliphatic carbocycles. The molecule has 0 aliphatic heterocycles. The molecular formula is C10H11IO3. The third-order valence-corrected chi connectivity index (χ3v) is 2.41. The Morgan fingerprint density at radius 3 is 2.50 bits per heavy atom. The van der Waals surface area contributed by atoms with Gasteiger partial charge >= 0.3 is 5.97 Å². The van der Waals surface area contributed by atoms with Crippen LogP contribution in [0.1, 0.15) is 16.8 Å². The van der Waals surface area contributed by atoms with E-state index in [0.717, 1.165) is 16.6 Å². The van der Waals surface area contributed by atoms with Gasteiger partial charge in [0, 0.05) is 4.43 Å². The number of carbonyl (C=O) groups is 1. The first kappa shape index (κ1) is 11.3. The molecule has 0 unspecified atom stereocenters. The van der Waals surface area contributed by atoms with E-state index in [9.17, 15) is 4.79 Å². The van der Waals surface area contributed by atoms with Crippen LogP contribution < -0.4 is 4.74 Å². The quantitative estimate of drug-likeness (QED) is 0.517. The normalized spacial score (nSPS) is 9.79. The van der Waals surface area contributed by atoms with Crippen LogP contribution in [-0.4, -0.2) is 22.1 Å². The van der Waals surface area contributed by atoms with Gasteiger partial charge in [-0.1, -0.05) is 22.6 Å². The van der Waals surface area contributed by atoms with E-state index < -0.39 is 5.97 Å². The highest BCUT2D eigenvalue weighted by atomic mass is 127. The lowest BCUT2D eigenvalue weighted by Crippen LogP contribution is -1.99. The van der Waals surface area contributed by atoms with E-state index in [2.05, 4.69) is 22.6 Å². The second-order valence-corrected chi connectivity index (χ2v) is 3.80. The van der Waals surface area contributed by atoms with Crippen molar-refractivity contribution >= 4 is 28.6 Å². The Morgan fingerprint density at radius 2 is 2.00 bits per heavy atom. The number of rotatable bonds is 5. The Labute approximate surface area is 96.2 Å². The maximum atomic E-state index is 10.5. The van der Waals surface area contributed by atoms with Crippen LogP contribution in [0, 0.1) is 0 Å². The van der Waals surface area contributed by atoms with Crippen LogP contribution in [0.5, 0.6) is 5.75 Å². The van der Waals surface area contributed by atoms with Crippen LogP contribution >= 0.6 is 22.6 Å². The Balaban J connectivity index is 2.51. The van der Waals surface area contributed by atoms with E-state index in [1.807, 2.05) is 0 Å². The highest BCUT2D eigenvalue weighted by Gasteiger charge is 2.01. The minimum atomic E-state index is -0.913. The molecule has 3 nitrogen and oxygen atoms in total. The number of ether oxygens (including phenoxy) is 1. The summed E-state index contributed by atoms with van der Waals surface area (Å²) in [6, 6.07) is 6.44. The largest absolute Gasteiger partial charge is 0.494 e. The van der Waals surface area contributed by atoms with Crippen LogP contribution in [-0.2, 0) is 0 Å². The molecule has 0 radical (unpaired) electrons. The molecule has 0 bridgehead atoms. The van der Waals surface area contributed by atoms with Crippen molar-refractivity contribution in [1.29, 1.82) is 0 Å². The Morgan fingerprint density at radius 1 is 1.36 bits per heavy atom. The Kier molecular flexibility index (Phi) is 4.72. The summed E-state index contributed by atoms with van der Waals surface area (Å²) in [5, 5.41) is 8.65. The number of halogens is 1. The predicted octanol–water partition coefficient (Wildman–Crippen LogP) is 2.59. The van der Waals surface area contributed by atoms with Gasteiger partial charge in [0.15, 0.2) is 0 Å². The summed E-state index contributed by atoms with van der Waals surface area (Å²) in [5.74, 6) is -0.191. The van der Waals surface area contributed by atoms with Crippen molar-refractivity contribution in [3.8, 4) is 5.75 Å². The molecule has 14 heavy (non-hydrogen) atoms. The molecule has 0 atom stereocenters. The number of carboxylic acid groups (broad SMARTS) is 1. The first-order chi connectivity index (χ1) is 6.74. The lowest BCUT2D eigenvalue weighted by molar-refractivity contribution is 0.0697. The summed E-state index contributed by atoms with van der Waals surface area (Å²) in [7, 11) is 0. The number of aromatic carboxylic acids is 1. The topological polar surface area (TPSA) is 46.5 Å². The molecule has 4 heteroatoms. The fourth-order valence-corrected chi connectivity index (χ4v) is 1.25. The first-order valence-corrected chi connectivity index (χ1v) is 5.78. The number of hydrogen-bond donors (Lipinski definition) is 1. The average molecular weight is 306 g/mol. The van der Waals surface area contributed by atoms with Gasteiger partial charge in [-0.3, -0.25) is 0 Å². The molecule has 1 rings (SSSR count). The second-order valence-electron chi connectivity index (χ2n) is 2.72. The lowest BCUT2D eigenvalue weighted by atomic mass is 10.2. The molecule has 0 saturated carbocycles. The molecule has 0 aliphatic rings. The Hall–Kier alpha value is -0.780. The van der Waals surface area contributed by atoms with Gasteiger partial charge < -0.3 is 9.84 Å². The van der Waals surface area contributed by atoms with Crippen LogP contribution in [0.4, 0.5) is 0 Å². The van der Waals surface area contributed by atoms with Crippen LogP contribution in [0.25, 0.3) is 0 Å². The highest BCUT2D eigenvalue weighted by Crippen LogP contribution is 2.12. The summed E-state index contributed by atoms with van der Waals surface area (Å²) < 4.78 is 6.44. The fraction of sp³-hybridized carbons (Fsp3) is 0.300. The molecule has 0 heterocycles. The monoisotopic (exact) mass is 306 g/mol. The summed E-state index contributed by atoms with van der Waals surface area (Å²) in [6.45, 7) is 0.676. The molecule has 0 amide bonds. The zero-order valence-corrected chi connectivity index (χ0v) is 9.73. The van der Waals surface area contributed by atoms with Gasteiger partial charge in [-0.05, 0) is 30.7 Å². The zero-order chi connectivity index (χ0) is 10.4. The second kappa shape index (κ2) is 5.85. The van der Waals surface area contributed by atoms with Gasteiger partial charge in [0.2, 0.25) is 0 Å². The fourth-order valence-electron chi connectivity index (χ4n) is 0.938. The molecule has 1 aromatic carbocycles. The molecule has 1 aromatic rings. The SMILES string of the molecule is O=C(O)c1ccc(OCCCI)cc1. The van der Waals surface area contributed by atoms with E-state index in [4.69, 9.17) is 9.84 Å². The van der Waals surface area contributed by atoms with Gasteiger partial charge in [0.25, 0.3) is 0 Å². The maximum absolute atomic E-state index is 10.5. The zero-order valence-electron chi connectivity index (χ0n) is 7.57. The van der Waals surface area contributed by atoms with Crippen LogP contribution in [0.2, 0.25) is 0 Å². The summed E-state index contributed by atoms with van der Waals surface area (Å²) in [5.41, 5.74) is 0.284. The number of alkyl halides is 1. The van der Waals surface area contributed by atoms with E-state index in [0.29, 0.717) is 6.61 Å². The van der Waals surface area contributed by atoms with Gasteiger partial charge in [0.05, 0.1) is 12.2 Å². The van der Waals surface area contributed by atoms with Gasteiger partial charge in [-0.25, -0.2) is 4.79 Å². The molecule has 0 spiro atoms. The van der Waals surface area contributed by atoms with Gasteiger partial charge in [-0.2, -0.15) is 0 Å². The number of carboxylic acids is 1. The first-order valence-electron chi connectivity index (χ1n) is 4.26. The van der Waals surface area contributed by atoms with Crippen molar-refractivity contribution in [3.63, 3.8) is 0 Å². The molecule has 0 fully saturated rings. The molecule has 76 valence electrons. The molecule has 0 aromatic heterocycles. The van der Waals surface area contributed by atoms with Crippen molar-refractivity contribution < 1.29 is 14.6 Å². The van der Waals surface area contributed by atoms with E-state index in [-0.39, 0.29) is 5.56 Å². The van der Waals surface area contributed by atoms with Crippen molar-refractivity contribution in [2.24, 2.45) is 0 Å². The third-order valence-electron chi connectivity index (χ3n) is 1.65. The maximum Gasteiger partial charge on any atom is 0.335 e. The standard InChI is InChI=1S/C10H11IO3/c11-6-1-7-14-9-4-2-8(3-5-9)10(12)13/h2-5H,1,6-7H2,(H,12,13). The van der Waals surface area contributed by atoms with E-state index >= 15 is 0 Å². The minimum Gasteiger partial charge on any atom is -0.494 e. The van der Waals surface area contributed by atoms with Crippen molar-refractivity contribution in [2.75, 3.05) is 11.0 Å². The summed E-state index contributed by atoms with van der Waals surface area (Å²) >= 11 is 2.29. The van der Waals surface area contributed by atoms with Crippen molar-refractivity contribution in [1.82, 2.24) is 0 Å². The van der Waals surface area contributed by atoms with Gasteiger partial charge in [0.1, 0.15) is 5.75 Å². The van der Waals surface area contributed by atoms with Crippen molar-refractivity contribution in [3.05, 3.63) is 29.8 Å². The molecular weight excluding hydrogens is 295 g/mol. The molecule has 0 saturated heterocycles. The minimum absolute atomic E-state index is 0.284. The number of hydrogen-bond acceptors (Lipinski definition) is 2. The van der Waals surface area contributed by atoms with Crippen LogP contribution in [0.3, 0.4) is 0 Å². The average Bonchev–Trinajstić information content (AvgIpc) is 2.19. The van der Waals surface area contributed by atoms with E-state index in [1.165, 1.54) is 0 Å². The smallest absolute Gasteiger partial charge is 0.335 e.